The first-order valence-corrected chi connectivity index (χ1v) is 30.7. The number of hydrogen-bond donors (Lipinski definition) is 0. The van der Waals surface area contributed by atoms with Gasteiger partial charge in [-0.2, -0.15) is 0 Å². The highest BCUT2D eigenvalue weighted by Gasteiger charge is 2.36. The van der Waals surface area contributed by atoms with Crippen molar-refractivity contribution >= 4 is 23.9 Å². The number of hydrogen-bond acceptors (Lipinski definition) is 16. The monoisotopic (exact) mass is 1250 g/mol. The molecule has 0 aliphatic heterocycles. The summed E-state index contributed by atoms with van der Waals surface area (Å²) in [6, 6.07) is 56.4. The van der Waals surface area contributed by atoms with Crippen molar-refractivity contribution in [1.82, 2.24) is 0 Å². The second kappa shape index (κ2) is 32.7. The van der Waals surface area contributed by atoms with Gasteiger partial charge in [-0.1, -0.05) is 121 Å². The number of fused-ring (bicyclic) bond motifs is 8. The van der Waals surface area contributed by atoms with Gasteiger partial charge in [0.1, 0.15) is 46.0 Å². The Morgan fingerprint density at radius 3 is 0.620 bits per heavy atom. The second-order valence-corrected chi connectivity index (χ2v) is 22.3. The first-order valence-electron chi connectivity index (χ1n) is 30.7. The Morgan fingerprint density at radius 2 is 0.446 bits per heavy atom. The van der Waals surface area contributed by atoms with Gasteiger partial charge in [0, 0.05) is 92.4 Å². The number of methoxy groups -OCH3 is 8. The lowest BCUT2D eigenvalue weighted by molar-refractivity contribution is -0.143. The fourth-order valence-electron chi connectivity index (χ4n) is 12.3. The van der Waals surface area contributed by atoms with Crippen LogP contribution in [-0.4, -0.2) is 107 Å². The van der Waals surface area contributed by atoms with E-state index < -0.39 is 74.0 Å². The zero-order valence-corrected chi connectivity index (χ0v) is 53.5. The lowest BCUT2D eigenvalue weighted by Crippen LogP contribution is -2.19. The van der Waals surface area contributed by atoms with Gasteiger partial charge in [-0.3, -0.25) is 0 Å². The first-order chi connectivity index (χ1) is 44.9. The minimum Gasteiger partial charge on any atom is -0.496 e. The van der Waals surface area contributed by atoms with Crippen molar-refractivity contribution in [2.24, 2.45) is 0 Å². The Labute approximate surface area is 538 Å². The Balaban J connectivity index is 1.49. The van der Waals surface area contributed by atoms with Crippen molar-refractivity contribution in [2.45, 2.75) is 75.0 Å². The molecule has 0 radical (unpaired) electrons. The molecule has 1 aliphatic rings. The highest BCUT2D eigenvalue weighted by atomic mass is 16.6. The Morgan fingerprint density at radius 1 is 0.261 bits per heavy atom. The number of benzene rings is 8. The van der Waals surface area contributed by atoms with Gasteiger partial charge >= 0.3 is 23.9 Å². The Bertz CT molecular complexity index is 3270. The molecule has 8 bridgehead atoms. The van der Waals surface area contributed by atoms with Crippen molar-refractivity contribution in [3.8, 4) is 46.0 Å². The van der Waals surface area contributed by atoms with Crippen molar-refractivity contribution in [3.63, 3.8) is 0 Å². The van der Waals surface area contributed by atoms with E-state index in [9.17, 15) is 19.2 Å². The van der Waals surface area contributed by atoms with Crippen LogP contribution in [0.1, 0.15) is 116 Å². The molecular formula is C76H80O16. The van der Waals surface area contributed by atoms with Crippen molar-refractivity contribution in [3.05, 3.63) is 237 Å². The summed E-state index contributed by atoms with van der Waals surface area (Å²) in [5.41, 5.74) is 9.92. The zero-order chi connectivity index (χ0) is 64.9. The quantitative estimate of drug-likeness (QED) is 0.0334. The Kier molecular flexibility index (Phi) is 23.6. The SMILES string of the molecule is COC(=O)COc1cc(OC)c2cc1[C@H](CCc1ccccc1)c1cc(c(OCC(=O)OC)cc1OC)[C@H](CCc1ccccc1)c1cc(c(OCC(=O)OC)cc1OC)[C@H](CCc1ccccc1)c1cc(c(OCC(=O)OC)cc1OC)[C@@H]2CCc1ccccc1. The Hall–Kier alpha value is -9.96. The van der Waals surface area contributed by atoms with Crippen molar-refractivity contribution in [1.29, 1.82) is 0 Å². The molecule has 8 aromatic carbocycles. The number of carbonyl (C=O) groups is 4. The minimum atomic E-state index is -0.599. The van der Waals surface area contributed by atoms with E-state index in [1.54, 1.807) is 28.4 Å². The van der Waals surface area contributed by atoms with Gasteiger partial charge < -0.3 is 56.8 Å². The van der Waals surface area contributed by atoms with Gasteiger partial charge in [-0.05, 0) is 97.9 Å². The first kappa shape index (κ1) is 66.5. The molecule has 0 heterocycles. The second-order valence-electron chi connectivity index (χ2n) is 22.3. The molecule has 0 fully saturated rings. The largest absolute Gasteiger partial charge is 0.496 e. The normalized spacial score (nSPS) is 14.8. The van der Waals surface area contributed by atoms with Gasteiger partial charge in [0.15, 0.2) is 26.4 Å². The summed E-state index contributed by atoms with van der Waals surface area (Å²) in [6.45, 7) is -1.73. The molecule has 16 nitrogen and oxygen atoms in total. The third-order valence-corrected chi connectivity index (χ3v) is 17.0. The molecule has 0 aromatic heterocycles. The number of ether oxygens (including phenoxy) is 12. The number of carbonyl (C=O) groups excluding carboxylic acids is 4. The summed E-state index contributed by atoms with van der Waals surface area (Å²) in [5, 5.41) is 0. The number of aryl methyl sites for hydroxylation is 4. The number of esters is 4. The highest BCUT2D eigenvalue weighted by molar-refractivity contribution is 5.73. The molecule has 8 aromatic rings. The summed E-state index contributed by atoms with van der Waals surface area (Å²) >= 11 is 0. The van der Waals surface area contributed by atoms with Gasteiger partial charge in [-0.25, -0.2) is 19.2 Å². The van der Waals surface area contributed by atoms with Gasteiger partial charge in [-0.15, -0.1) is 0 Å². The average Bonchev–Trinajstić information content (AvgIpc) is 0.763. The summed E-state index contributed by atoms with van der Waals surface area (Å²) in [5.74, 6) is -1.64. The van der Waals surface area contributed by atoms with E-state index in [2.05, 4.69) is 72.8 Å². The molecule has 480 valence electrons. The molecule has 0 N–H and O–H groups in total. The zero-order valence-electron chi connectivity index (χ0n) is 53.5. The van der Waals surface area contributed by atoms with Crippen LogP contribution in [0.5, 0.6) is 46.0 Å². The topological polar surface area (TPSA) is 179 Å². The van der Waals surface area contributed by atoms with E-state index in [1.807, 2.05) is 97.1 Å². The van der Waals surface area contributed by atoms with Crippen LogP contribution < -0.4 is 37.9 Å². The van der Waals surface area contributed by atoms with Gasteiger partial charge in [0.05, 0.1) is 56.9 Å². The van der Waals surface area contributed by atoms with Crippen molar-refractivity contribution < 1.29 is 76.0 Å². The van der Waals surface area contributed by atoms with Gasteiger partial charge in [0.25, 0.3) is 0 Å². The van der Waals surface area contributed by atoms with E-state index in [-0.39, 0.29) is 0 Å². The molecule has 0 spiro atoms. The molecule has 9 rings (SSSR count). The molecule has 1 aliphatic carbocycles. The minimum absolute atomic E-state index is 0.347. The van der Waals surface area contributed by atoms with Gasteiger partial charge in [0.2, 0.25) is 0 Å². The standard InChI is InChI=1S/C76H80O16/c1-81-65-41-69(89-45-73(77)85-5)61-37-57(65)53(33-29-49-21-13-9-14-22-49)62-38-58(66(82-2)42-70(62)90-46-74(78)86-6)55(35-31-51-25-17-11-18-26-51)64-40-60(68(84-4)44-72(64)92-48-76(80)88-8)56(36-32-52-27-19-12-20-28-52)63-39-59(54(61)34-30-50-23-15-10-16-24-50)67(83-3)43-71(63)91-47-75(79)87-7/h9-28,37-44,53-56H,29-36,45-48H2,1-8H3/t53-,54-,55-,56-/m1/s1. The molecule has 4 atom stereocenters. The molecule has 0 amide bonds. The van der Waals surface area contributed by atoms with Crippen molar-refractivity contribution in [2.75, 3.05) is 83.3 Å². The molecule has 92 heavy (non-hydrogen) atoms. The van der Waals surface area contributed by atoms with Crippen LogP contribution in [0, 0.1) is 0 Å². The van der Waals surface area contributed by atoms with Crippen LogP contribution in [0.3, 0.4) is 0 Å². The maximum Gasteiger partial charge on any atom is 0.343 e. The average molecular weight is 1250 g/mol. The predicted molar refractivity (Wildman–Crippen MR) is 348 cm³/mol. The smallest absolute Gasteiger partial charge is 0.343 e. The fraction of sp³-hybridized carbons (Fsp3) is 0.316. The molecule has 0 saturated carbocycles. The molecular weight excluding hydrogens is 1170 g/mol. The van der Waals surface area contributed by atoms with Crippen LogP contribution in [-0.2, 0) is 63.8 Å². The maximum absolute atomic E-state index is 13.3. The van der Waals surface area contributed by atoms with E-state index in [0.717, 1.165) is 44.5 Å². The maximum atomic E-state index is 13.3. The predicted octanol–water partition coefficient (Wildman–Crippen LogP) is 13.3. The summed E-state index contributed by atoms with van der Waals surface area (Å²) in [6.07, 6.45) is 4.14. The van der Waals surface area contributed by atoms with E-state index in [1.165, 1.54) is 28.4 Å². The third kappa shape index (κ3) is 16.5. The van der Waals surface area contributed by atoms with E-state index >= 15 is 0 Å². The molecule has 16 heteroatoms. The van der Waals surface area contributed by atoms with Crippen LogP contribution in [0.2, 0.25) is 0 Å². The molecule has 0 unspecified atom stereocenters. The summed E-state index contributed by atoms with van der Waals surface area (Å²) < 4.78 is 73.5. The van der Waals surface area contributed by atoms with Crippen LogP contribution in [0.25, 0.3) is 0 Å². The van der Waals surface area contributed by atoms with Crippen LogP contribution >= 0.6 is 0 Å². The number of rotatable bonds is 28. The lowest BCUT2D eigenvalue weighted by atomic mass is 9.76. The fourth-order valence-corrected chi connectivity index (χ4v) is 12.3. The van der Waals surface area contributed by atoms with Crippen LogP contribution in [0.4, 0.5) is 0 Å². The van der Waals surface area contributed by atoms with E-state index in [0.29, 0.717) is 120 Å². The van der Waals surface area contributed by atoms with Crippen LogP contribution in [0.15, 0.2) is 170 Å². The third-order valence-electron chi connectivity index (χ3n) is 17.0. The summed E-state index contributed by atoms with van der Waals surface area (Å²) in [4.78, 5) is 53.2. The highest BCUT2D eigenvalue weighted by Crippen LogP contribution is 2.53. The van der Waals surface area contributed by atoms with E-state index in [4.69, 9.17) is 56.8 Å². The summed E-state index contributed by atoms with van der Waals surface area (Å²) in [7, 11) is 11.6. The lowest BCUT2D eigenvalue weighted by Gasteiger charge is -2.32. The molecule has 0 saturated heterocycles.